The highest BCUT2D eigenvalue weighted by atomic mass is 32.1. The van der Waals surface area contributed by atoms with Crippen molar-refractivity contribution in [2.45, 2.75) is 33.1 Å². The molecule has 136 valence electrons. The maximum Gasteiger partial charge on any atom is 0.206 e. The zero-order chi connectivity index (χ0) is 18.4. The van der Waals surface area contributed by atoms with E-state index < -0.39 is 0 Å². The number of nitrogens with zero attached hydrogens (tertiary/aromatic N) is 2. The molecule has 0 amide bonds. The summed E-state index contributed by atoms with van der Waals surface area (Å²) >= 11 is 0.981. The average molecular weight is 371 g/mol. The second-order valence-electron chi connectivity index (χ2n) is 6.04. The Morgan fingerprint density at radius 3 is 2.88 bits per heavy atom. The third-order valence-electron chi connectivity index (χ3n) is 3.97. The Balaban J connectivity index is 1.73. The Hall–Kier alpha value is -2.47. The number of pyridine rings is 1. The number of rotatable bonds is 8. The fraction of sp³-hybridized carbons (Fsp3) is 0.300. The summed E-state index contributed by atoms with van der Waals surface area (Å²) in [5.41, 5.74) is 2.88. The first-order valence-corrected chi connectivity index (χ1v) is 9.56. The van der Waals surface area contributed by atoms with Gasteiger partial charge in [-0.05, 0) is 37.1 Å². The molecule has 0 aliphatic carbocycles. The van der Waals surface area contributed by atoms with Gasteiger partial charge in [0.25, 0.3) is 0 Å². The van der Waals surface area contributed by atoms with Crippen molar-refractivity contribution in [2.75, 3.05) is 11.9 Å². The topological polar surface area (TPSA) is 47.0 Å². The quantitative estimate of drug-likeness (QED) is 0.496. The molecule has 1 N–H and O–H groups in total. The van der Waals surface area contributed by atoms with E-state index in [2.05, 4.69) is 22.2 Å². The van der Waals surface area contributed by atoms with Crippen LogP contribution in [-0.2, 0) is 0 Å². The van der Waals surface area contributed by atoms with Gasteiger partial charge in [-0.25, -0.2) is 4.98 Å². The second kappa shape index (κ2) is 8.76. The van der Waals surface area contributed by atoms with Gasteiger partial charge in [0, 0.05) is 29.7 Å². The van der Waals surface area contributed by atoms with Crippen molar-refractivity contribution in [3.8, 4) is 17.0 Å². The van der Waals surface area contributed by atoms with Crippen LogP contribution in [0.4, 0.5) is 15.2 Å². The van der Waals surface area contributed by atoms with E-state index in [1.54, 1.807) is 24.5 Å². The third-order valence-corrected chi connectivity index (χ3v) is 4.72. The lowest BCUT2D eigenvalue weighted by atomic mass is 10.2. The van der Waals surface area contributed by atoms with Crippen LogP contribution in [0.2, 0.25) is 0 Å². The molecule has 3 rings (SSSR count). The van der Waals surface area contributed by atoms with Crippen molar-refractivity contribution < 1.29 is 9.13 Å². The minimum atomic E-state index is -0.330. The second-order valence-corrected chi connectivity index (χ2v) is 6.99. The van der Waals surface area contributed by atoms with Crippen molar-refractivity contribution in [1.82, 2.24) is 9.97 Å². The predicted octanol–water partition coefficient (Wildman–Crippen LogP) is 5.97. The van der Waals surface area contributed by atoms with E-state index in [1.165, 1.54) is 6.42 Å². The Labute approximate surface area is 157 Å². The zero-order valence-corrected chi connectivity index (χ0v) is 15.8. The van der Waals surface area contributed by atoms with E-state index in [-0.39, 0.29) is 5.13 Å². The normalized spacial score (nSPS) is 10.7. The number of nitrogens with one attached hydrogen (secondary N) is 1. The number of hydrogen-bond acceptors (Lipinski definition) is 5. The Bertz CT molecular complexity index is 852. The first-order chi connectivity index (χ1) is 12.7. The summed E-state index contributed by atoms with van der Waals surface area (Å²) in [6, 6.07) is 9.43. The predicted molar refractivity (Wildman–Crippen MR) is 105 cm³/mol. The first kappa shape index (κ1) is 18.3. The van der Waals surface area contributed by atoms with E-state index in [9.17, 15) is 4.39 Å². The molecular weight excluding hydrogens is 349 g/mol. The van der Waals surface area contributed by atoms with E-state index in [0.717, 1.165) is 41.2 Å². The number of unbranched alkanes of at least 4 members (excludes halogenated alkanes) is 2. The van der Waals surface area contributed by atoms with Gasteiger partial charge in [-0.2, -0.15) is 4.39 Å². The van der Waals surface area contributed by atoms with Crippen molar-refractivity contribution in [2.24, 2.45) is 0 Å². The lowest BCUT2D eigenvalue weighted by Gasteiger charge is -2.11. The highest BCUT2D eigenvalue weighted by Gasteiger charge is 2.13. The summed E-state index contributed by atoms with van der Waals surface area (Å²) in [4.78, 5) is 8.38. The minimum Gasteiger partial charge on any atom is -0.493 e. The lowest BCUT2D eigenvalue weighted by molar-refractivity contribution is 0.304. The van der Waals surface area contributed by atoms with Gasteiger partial charge < -0.3 is 10.1 Å². The van der Waals surface area contributed by atoms with Crippen LogP contribution in [0.1, 0.15) is 31.7 Å². The summed E-state index contributed by atoms with van der Waals surface area (Å²) in [6.45, 7) is 4.89. The fourth-order valence-electron chi connectivity index (χ4n) is 2.53. The SMILES string of the molecule is CCCCCOc1cc(Nc2nc(-c3cccnc3)c(F)s2)ccc1C. The molecule has 2 aromatic heterocycles. The van der Waals surface area contributed by atoms with Gasteiger partial charge in [0.15, 0.2) is 5.13 Å². The zero-order valence-electron chi connectivity index (χ0n) is 15.0. The van der Waals surface area contributed by atoms with Crippen LogP contribution < -0.4 is 10.1 Å². The number of halogens is 1. The monoisotopic (exact) mass is 371 g/mol. The molecule has 0 atom stereocenters. The summed E-state index contributed by atoms with van der Waals surface area (Å²) in [7, 11) is 0. The van der Waals surface area contributed by atoms with E-state index in [4.69, 9.17) is 4.74 Å². The third kappa shape index (κ3) is 4.58. The van der Waals surface area contributed by atoms with Gasteiger partial charge in [-0.1, -0.05) is 37.2 Å². The Morgan fingerprint density at radius 1 is 1.23 bits per heavy atom. The molecule has 0 unspecified atom stereocenters. The maximum absolute atomic E-state index is 14.2. The van der Waals surface area contributed by atoms with Gasteiger partial charge in [-0.3, -0.25) is 4.98 Å². The van der Waals surface area contributed by atoms with Crippen LogP contribution in [0.15, 0.2) is 42.7 Å². The van der Waals surface area contributed by atoms with Gasteiger partial charge in [0.05, 0.1) is 6.61 Å². The van der Waals surface area contributed by atoms with Crippen LogP contribution in [0, 0.1) is 12.1 Å². The molecule has 2 heterocycles. The van der Waals surface area contributed by atoms with Crippen LogP contribution >= 0.6 is 11.3 Å². The number of hydrogen-bond donors (Lipinski definition) is 1. The molecule has 0 saturated heterocycles. The van der Waals surface area contributed by atoms with Crippen molar-refractivity contribution >= 4 is 22.2 Å². The average Bonchev–Trinajstić information content (AvgIpc) is 3.02. The van der Waals surface area contributed by atoms with Gasteiger partial charge in [0.1, 0.15) is 11.4 Å². The van der Waals surface area contributed by atoms with Crippen molar-refractivity contribution in [1.29, 1.82) is 0 Å². The summed E-state index contributed by atoms with van der Waals surface area (Å²) in [5, 5.41) is 3.34. The molecule has 0 spiro atoms. The van der Waals surface area contributed by atoms with Gasteiger partial charge in [0.2, 0.25) is 5.13 Å². The molecule has 4 nitrogen and oxygen atoms in total. The van der Waals surface area contributed by atoms with E-state index in [0.29, 0.717) is 23.0 Å². The molecule has 26 heavy (non-hydrogen) atoms. The Kier molecular flexibility index (Phi) is 6.17. The number of anilines is 2. The van der Waals surface area contributed by atoms with Crippen LogP contribution in [0.3, 0.4) is 0 Å². The molecule has 3 aromatic rings. The standard InChI is InChI=1S/C20H22FN3OS/c1-3-4-5-11-25-17-12-16(9-8-14(17)2)23-20-24-18(19(21)26-20)15-7-6-10-22-13-15/h6-10,12-13H,3-5,11H2,1-2H3,(H,23,24). The molecule has 0 radical (unpaired) electrons. The van der Waals surface area contributed by atoms with Gasteiger partial charge in [-0.15, -0.1) is 0 Å². The first-order valence-electron chi connectivity index (χ1n) is 8.74. The highest BCUT2D eigenvalue weighted by molar-refractivity contribution is 7.14. The lowest BCUT2D eigenvalue weighted by Crippen LogP contribution is -1.99. The summed E-state index contributed by atoms with van der Waals surface area (Å²) in [5.74, 6) is 0.843. The van der Waals surface area contributed by atoms with Crippen molar-refractivity contribution in [3.05, 3.63) is 53.4 Å². The summed E-state index contributed by atoms with van der Waals surface area (Å²) < 4.78 is 20.1. The number of benzene rings is 1. The van der Waals surface area contributed by atoms with Crippen molar-refractivity contribution in [3.63, 3.8) is 0 Å². The molecule has 6 heteroatoms. The Morgan fingerprint density at radius 2 is 2.12 bits per heavy atom. The molecular formula is C20H22FN3OS. The van der Waals surface area contributed by atoms with Crippen LogP contribution in [0.5, 0.6) is 5.75 Å². The van der Waals surface area contributed by atoms with E-state index >= 15 is 0 Å². The summed E-state index contributed by atoms with van der Waals surface area (Å²) in [6.07, 6.45) is 6.63. The molecule has 0 saturated carbocycles. The van der Waals surface area contributed by atoms with Crippen LogP contribution in [0.25, 0.3) is 11.3 Å². The van der Waals surface area contributed by atoms with Gasteiger partial charge >= 0.3 is 0 Å². The largest absolute Gasteiger partial charge is 0.493 e. The number of thiazole rings is 1. The number of aromatic nitrogens is 2. The smallest absolute Gasteiger partial charge is 0.206 e. The maximum atomic E-state index is 14.2. The molecule has 1 aromatic carbocycles. The number of ether oxygens (including phenoxy) is 1. The van der Waals surface area contributed by atoms with Crippen LogP contribution in [-0.4, -0.2) is 16.6 Å². The van der Waals surface area contributed by atoms with E-state index in [1.807, 2.05) is 25.1 Å². The highest BCUT2D eigenvalue weighted by Crippen LogP contribution is 2.32. The molecule has 0 bridgehead atoms. The fourth-order valence-corrected chi connectivity index (χ4v) is 3.26. The molecule has 0 fully saturated rings. The minimum absolute atomic E-state index is 0.314. The molecule has 0 aliphatic heterocycles. The number of aryl methyl sites for hydroxylation is 1. The molecule has 0 aliphatic rings.